The average molecular weight is 498 g/mol. The fraction of sp³-hybridized carbons (Fsp3) is 0.115. The van der Waals surface area contributed by atoms with Gasteiger partial charge >= 0.3 is 0 Å². The summed E-state index contributed by atoms with van der Waals surface area (Å²) < 4.78 is 0. The highest BCUT2D eigenvalue weighted by molar-refractivity contribution is 6.36. The molecule has 0 fully saturated rings. The molecule has 0 spiro atoms. The second kappa shape index (κ2) is 11.8. The fourth-order valence-corrected chi connectivity index (χ4v) is 3.51. The SMILES string of the molecule is C/C=C\C=C/C.Cc1cc(Cl)c(Nc2nc(-c3cccnc3)nc3ccc(Cl)cc23)cc1Cl. The van der Waals surface area contributed by atoms with E-state index in [1.54, 1.807) is 24.5 Å². The first-order valence-corrected chi connectivity index (χ1v) is 11.4. The smallest absolute Gasteiger partial charge is 0.163 e. The van der Waals surface area contributed by atoms with Crippen LogP contribution < -0.4 is 5.32 Å². The predicted molar refractivity (Wildman–Crippen MR) is 142 cm³/mol. The molecule has 1 N–H and O–H groups in total. The summed E-state index contributed by atoms with van der Waals surface area (Å²) in [5.74, 6) is 1.14. The molecule has 0 aliphatic rings. The third kappa shape index (κ3) is 6.55. The van der Waals surface area contributed by atoms with Crippen LogP contribution in [0.3, 0.4) is 0 Å². The first-order valence-electron chi connectivity index (χ1n) is 10.3. The van der Waals surface area contributed by atoms with Crippen molar-refractivity contribution in [2.45, 2.75) is 20.8 Å². The molecule has 0 bridgehead atoms. The Morgan fingerprint density at radius 1 is 0.879 bits per heavy atom. The number of fused-ring (bicyclic) bond motifs is 1. The zero-order chi connectivity index (χ0) is 23.8. The number of allylic oxidation sites excluding steroid dienone is 4. The van der Waals surface area contributed by atoms with Gasteiger partial charge in [-0.15, -0.1) is 0 Å². The molecule has 0 radical (unpaired) electrons. The molecule has 2 heterocycles. The second-order valence-corrected chi connectivity index (χ2v) is 8.31. The number of pyridine rings is 1. The molecule has 168 valence electrons. The maximum absolute atomic E-state index is 6.39. The maximum Gasteiger partial charge on any atom is 0.163 e. The quantitative estimate of drug-likeness (QED) is 0.286. The first-order chi connectivity index (χ1) is 15.9. The van der Waals surface area contributed by atoms with E-state index in [1.165, 1.54) is 0 Å². The Morgan fingerprint density at radius 3 is 2.30 bits per heavy atom. The van der Waals surface area contributed by atoms with Crippen molar-refractivity contribution in [1.82, 2.24) is 15.0 Å². The van der Waals surface area contributed by atoms with Crippen LogP contribution in [0.2, 0.25) is 15.1 Å². The van der Waals surface area contributed by atoms with Crippen molar-refractivity contribution in [2.75, 3.05) is 5.32 Å². The highest BCUT2D eigenvalue weighted by Crippen LogP contribution is 2.34. The number of benzene rings is 2. The lowest BCUT2D eigenvalue weighted by molar-refractivity contribution is 1.20. The number of hydrogen-bond acceptors (Lipinski definition) is 4. The van der Waals surface area contributed by atoms with Gasteiger partial charge in [0.15, 0.2) is 5.82 Å². The number of halogens is 3. The maximum atomic E-state index is 6.39. The van der Waals surface area contributed by atoms with Crippen molar-refractivity contribution in [1.29, 1.82) is 0 Å². The summed E-state index contributed by atoms with van der Waals surface area (Å²) in [5.41, 5.74) is 3.12. The number of aromatic nitrogens is 3. The molecule has 0 saturated heterocycles. The van der Waals surface area contributed by atoms with Gasteiger partial charge in [0.25, 0.3) is 0 Å². The van der Waals surface area contributed by atoms with E-state index in [-0.39, 0.29) is 0 Å². The number of nitrogens with zero attached hydrogens (tertiary/aromatic N) is 3. The van der Waals surface area contributed by atoms with Crippen LogP contribution in [0, 0.1) is 6.92 Å². The molecule has 7 heteroatoms. The van der Waals surface area contributed by atoms with E-state index in [9.17, 15) is 0 Å². The average Bonchev–Trinajstić information content (AvgIpc) is 2.82. The van der Waals surface area contributed by atoms with Crippen molar-refractivity contribution < 1.29 is 0 Å². The molecule has 0 aliphatic carbocycles. The Hall–Kier alpha value is -2.92. The van der Waals surface area contributed by atoms with Gasteiger partial charge in [0.1, 0.15) is 5.82 Å². The van der Waals surface area contributed by atoms with E-state index in [0.717, 1.165) is 22.0 Å². The molecule has 0 unspecified atom stereocenters. The van der Waals surface area contributed by atoms with Crippen LogP contribution >= 0.6 is 34.8 Å². The van der Waals surface area contributed by atoms with Crippen LogP contribution in [0.25, 0.3) is 22.3 Å². The fourth-order valence-electron chi connectivity index (χ4n) is 2.91. The van der Waals surface area contributed by atoms with E-state index in [4.69, 9.17) is 34.8 Å². The van der Waals surface area contributed by atoms with Crippen molar-refractivity contribution >= 4 is 57.2 Å². The van der Waals surface area contributed by atoms with Crippen LogP contribution in [0.5, 0.6) is 0 Å². The summed E-state index contributed by atoms with van der Waals surface area (Å²) >= 11 is 18.8. The lowest BCUT2D eigenvalue weighted by Gasteiger charge is -2.13. The van der Waals surface area contributed by atoms with Crippen molar-refractivity contribution in [3.05, 3.63) is 99.8 Å². The minimum Gasteiger partial charge on any atom is -0.338 e. The molecule has 0 amide bonds. The molecule has 2 aromatic heterocycles. The normalized spacial score (nSPS) is 11.1. The predicted octanol–water partition coefficient (Wildman–Crippen LogP) is 8.84. The van der Waals surface area contributed by atoms with Crippen LogP contribution in [-0.2, 0) is 0 Å². The van der Waals surface area contributed by atoms with Crippen LogP contribution in [0.4, 0.5) is 11.5 Å². The van der Waals surface area contributed by atoms with Gasteiger partial charge in [-0.1, -0.05) is 59.1 Å². The standard InChI is InChI=1S/C20H13Cl3N4.C6H10/c1-11-7-16(23)18(9-15(11)22)26-20-14-8-13(21)4-5-17(14)25-19(27-20)12-3-2-6-24-10-12;1-3-5-6-4-2/h2-10H,1H3,(H,25,26,27);3-6H,1-2H3/b;5-3-,6-4-. The molecule has 2 aromatic carbocycles. The largest absolute Gasteiger partial charge is 0.338 e. The second-order valence-electron chi connectivity index (χ2n) is 7.06. The van der Waals surface area contributed by atoms with Crippen LogP contribution in [-0.4, -0.2) is 15.0 Å². The minimum atomic E-state index is 0.550. The van der Waals surface area contributed by atoms with E-state index < -0.39 is 0 Å². The number of nitrogens with one attached hydrogen (secondary N) is 1. The third-order valence-corrected chi connectivity index (χ3v) is 5.53. The number of hydrogen-bond donors (Lipinski definition) is 1. The Bertz CT molecular complexity index is 1290. The summed E-state index contributed by atoms with van der Waals surface area (Å²) in [5, 5.41) is 5.81. The molecular weight excluding hydrogens is 475 g/mol. The summed E-state index contributed by atoms with van der Waals surface area (Å²) in [7, 11) is 0. The molecular formula is C26H23Cl3N4. The number of rotatable bonds is 4. The molecule has 0 saturated carbocycles. The van der Waals surface area contributed by atoms with Gasteiger partial charge in [-0.2, -0.15) is 0 Å². The summed E-state index contributed by atoms with van der Waals surface area (Å²) in [6.07, 6.45) is 11.4. The molecule has 0 aliphatic heterocycles. The lowest BCUT2D eigenvalue weighted by Crippen LogP contribution is -2.00. The highest BCUT2D eigenvalue weighted by Gasteiger charge is 2.13. The van der Waals surface area contributed by atoms with Gasteiger partial charge in [0, 0.05) is 33.4 Å². The van der Waals surface area contributed by atoms with Crippen molar-refractivity contribution in [3.8, 4) is 11.4 Å². The van der Waals surface area contributed by atoms with Gasteiger partial charge in [0.05, 0.1) is 16.2 Å². The van der Waals surface area contributed by atoms with Gasteiger partial charge in [-0.05, 0) is 68.8 Å². The Balaban J connectivity index is 0.000000454. The monoisotopic (exact) mass is 496 g/mol. The molecule has 4 nitrogen and oxygen atoms in total. The summed E-state index contributed by atoms with van der Waals surface area (Å²) in [6, 6.07) is 12.8. The van der Waals surface area contributed by atoms with E-state index in [2.05, 4.69) is 20.3 Å². The Morgan fingerprint density at radius 2 is 1.64 bits per heavy atom. The topological polar surface area (TPSA) is 50.7 Å². The van der Waals surface area contributed by atoms with Crippen molar-refractivity contribution in [2.24, 2.45) is 0 Å². The van der Waals surface area contributed by atoms with Gasteiger partial charge in [-0.25, -0.2) is 9.97 Å². The van der Waals surface area contributed by atoms with Gasteiger partial charge < -0.3 is 5.32 Å². The first kappa shape index (κ1) is 24.7. The van der Waals surface area contributed by atoms with Gasteiger partial charge in [-0.3, -0.25) is 4.98 Å². The Labute approximate surface area is 209 Å². The molecule has 0 atom stereocenters. The molecule has 4 rings (SSSR count). The Kier molecular flexibility index (Phi) is 8.84. The van der Waals surface area contributed by atoms with E-state index >= 15 is 0 Å². The van der Waals surface area contributed by atoms with E-state index in [0.29, 0.717) is 32.4 Å². The lowest BCUT2D eigenvalue weighted by atomic mass is 10.2. The molecule has 4 aromatic rings. The highest BCUT2D eigenvalue weighted by atomic mass is 35.5. The number of anilines is 2. The summed E-state index contributed by atoms with van der Waals surface area (Å²) in [4.78, 5) is 13.5. The zero-order valence-corrected chi connectivity index (χ0v) is 20.7. The van der Waals surface area contributed by atoms with Gasteiger partial charge in [0.2, 0.25) is 0 Å². The third-order valence-electron chi connectivity index (χ3n) is 4.57. The number of aryl methyl sites for hydroxylation is 1. The van der Waals surface area contributed by atoms with Crippen molar-refractivity contribution in [3.63, 3.8) is 0 Å². The van der Waals surface area contributed by atoms with Crippen LogP contribution in [0.15, 0.2) is 79.2 Å². The summed E-state index contributed by atoms with van der Waals surface area (Å²) in [6.45, 7) is 5.90. The van der Waals surface area contributed by atoms with E-state index in [1.807, 2.05) is 75.4 Å². The zero-order valence-electron chi connectivity index (χ0n) is 18.5. The minimum absolute atomic E-state index is 0.550. The van der Waals surface area contributed by atoms with Crippen LogP contribution in [0.1, 0.15) is 19.4 Å². The molecule has 33 heavy (non-hydrogen) atoms.